The summed E-state index contributed by atoms with van der Waals surface area (Å²) in [5.41, 5.74) is 2.31. The second-order valence-corrected chi connectivity index (χ2v) is 4.84. The van der Waals surface area contributed by atoms with Gasteiger partial charge in [-0.3, -0.25) is 4.68 Å². The molecule has 0 unspecified atom stereocenters. The molecule has 102 valence electrons. The van der Waals surface area contributed by atoms with E-state index in [-0.39, 0.29) is 0 Å². The summed E-state index contributed by atoms with van der Waals surface area (Å²) in [6.45, 7) is 1.41. The van der Waals surface area contributed by atoms with Crippen LogP contribution in [0, 0.1) is 0 Å². The average molecular weight is 260 g/mol. The molecular weight excluding hydrogens is 240 g/mol. The van der Waals surface area contributed by atoms with Gasteiger partial charge in [-0.05, 0) is 19.7 Å². The maximum absolute atomic E-state index is 5.09. The molecule has 5 nitrogen and oxygen atoms in total. The first-order chi connectivity index (χ1) is 9.10. The van der Waals surface area contributed by atoms with Crippen molar-refractivity contribution in [3.05, 3.63) is 35.7 Å². The van der Waals surface area contributed by atoms with Crippen molar-refractivity contribution in [3.8, 4) is 11.4 Å². The molecule has 0 N–H and O–H groups in total. The van der Waals surface area contributed by atoms with E-state index in [0.717, 1.165) is 23.8 Å². The Morgan fingerprint density at radius 1 is 1.21 bits per heavy atom. The summed E-state index contributed by atoms with van der Waals surface area (Å²) < 4.78 is 6.85. The fourth-order valence-corrected chi connectivity index (χ4v) is 1.92. The van der Waals surface area contributed by atoms with Crippen LogP contribution in [-0.4, -0.2) is 40.9 Å². The van der Waals surface area contributed by atoms with Crippen LogP contribution < -0.4 is 0 Å². The number of methoxy groups -OCH3 is 1. The summed E-state index contributed by atoms with van der Waals surface area (Å²) >= 11 is 0. The van der Waals surface area contributed by atoms with Gasteiger partial charge in [0.05, 0.1) is 0 Å². The zero-order chi connectivity index (χ0) is 13.8. The number of benzene rings is 1. The van der Waals surface area contributed by atoms with Crippen molar-refractivity contribution in [3.63, 3.8) is 0 Å². The van der Waals surface area contributed by atoms with Crippen LogP contribution in [0.15, 0.2) is 24.3 Å². The van der Waals surface area contributed by atoms with E-state index in [9.17, 15) is 0 Å². The van der Waals surface area contributed by atoms with Crippen LogP contribution in [0.25, 0.3) is 11.4 Å². The third-order valence-corrected chi connectivity index (χ3v) is 2.84. The van der Waals surface area contributed by atoms with Crippen molar-refractivity contribution in [2.24, 2.45) is 7.05 Å². The molecule has 0 spiro atoms. The number of nitrogens with zero attached hydrogens (tertiary/aromatic N) is 4. The molecule has 19 heavy (non-hydrogen) atoms. The molecule has 0 aliphatic carbocycles. The highest BCUT2D eigenvalue weighted by Crippen LogP contribution is 2.17. The molecule has 0 amide bonds. The van der Waals surface area contributed by atoms with E-state index < -0.39 is 0 Å². The third-order valence-electron chi connectivity index (χ3n) is 2.84. The van der Waals surface area contributed by atoms with E-state index in [2.05, 4.69) is 53.3 Å². The Labute approximate surface area is 113 Å². The Balaban J connectivity index is 2.19. The van der Waals surface area contributed by atoms with Gasteiger partial charge in [-0.2, -0.15) is 5.10 Å². The summed E-state index contributed by atoms with van der Waals surface area (Å²) in [4.78, 5) is 6.62. The lowest BCUT2D eigenvalue weighted by molar-refractivity contribution is 0.174. The number of aryl methyl sites for hydroxylation is 1. The van der Waals surface area contributed by atoms with Gasteiger partial charge in [-0.15, -0.1) is 0 Å². The molecule has 5 heteroatoms. The molecular formula is C14H20N4O. The fraction of sp³-hybridized carbons (Fsp3) is 0.429. The SMILES string of the molecule is COCc1nc(-c2ccc(CN(C)C)cc2)nn1C. The van der Waals surface area contributed by atoms with Crippen molar-refractivity contribution in [1.29, 1.82) is 0 Å². The molecule has 1 aromatic heterocycles. The lowest BCUT2D eigenvalue weighted by Crippen LogP contribution is -2.10. The summed E-state index contributed by atoms with van der Waals surface area (Å²) in [5, 5.41) is 4.41. The minimum Gasteiger partial charge on any atom is -0.377 e. The van der Waals surface area contributed by atoms with Crippen molar-refractivity contribution < 1.29 is 4.74 Å². The van der Waals surface area contributed by atoms with Gasteiger partial charge in [0.2, 0.25) is 0 Å². The number of hydrogen-bond donors (Lipinski definition) is 0. The highest BCUT2D eigenvalue weighted by atomic mass is 16.5. The van der Waals surface area contributed by atoms with E-state index in [4.69, 9.17) is 4.74 Å². The number of aromatic nitrogens is 3. The Hall–Kier alpha value is -1.72. The monoisotopic (exact) mass is 260 g/mol. The minimum atomic E-state index is 0.474. The topological polar surface area (TPSA) is 43.2 Å². The highest BCUT2D eigenvalue weighted by Gasteiger charge is 2.08. The lowest BCUT2D eigenvalue weighted by atomic mass is 10.1. The standard InChI is InChI=1S/C14H20N4O/c1-17(2)9-11-5-7-12(8-6-11)14-15-13(10-19-4)18(3)16-14/h5-8H,9-10H2,1-4H3. The molecule has 0 saturated heterocycles. The molecule has 1 heterocycles. The quantitative estimate of drug-likeness (QED) is 0.820. The van der Waals surface area contributed by atoms with Gasteiger partial charge < -0.3 is 9.64 Å². The van der Waals surface area contributed by atoms with Crippen LogP contribution in [0.3, 0.4) is 0 Å². The zero-order valence-corrected chi connectivity index (χ0v) is 11.9. The van der Waals surface area contributed by atoms with E-state index in [1.165, 1.54) is 5.56 Å². The summed E-state index contributed by atoms with van der Waals surface area (Å²) in [6, 6.07) is 8.35. The number of hydrogen-bond acceptors (Lipinski definition) is 4. The van der Waals surface area contributed by atoms with E-state index >= 15 is 0 Å². The second kappa shape index (κ2) is 5.95. The summed E-state index contributed by atoms with van der Waals surface area (Å²) in [6.07, 6.45) is 0. The molecule has 0 bridgehead atoms. The van der Waals surface area contributed by atoms with Crippen LogP contribution in [0.2, 0.25) is 0 Å². The van der Waals surface area contributed by atoms with Gasteiger partial charge >= 0.3 is 0 Å². The first-order valence-electron chi connectivity index (χ1n) is 6.23. The predicted octanol–water partition coefficient (Wildman–Crippen LogP) is 1.69. The van der Waals surface area contributed by atoms with Crippen LogP contribution in [-0.2, 0) is 24.9 Å². The van der Waals surface area contributed by atoms with Crippen molar-refractivity contribution in [2.75, 3.05) is 21.2 Å². The molecule has 2 rings (SSSR count). The largest absolute Gasteiger partial charge is 0.377 e. The Morgan fingerprint density at radius 3 is 2.47 bits per heavy atom. The first-order valence-corrected chi connectivity index (χ1v) is 6.23. The second-order valence-electron chi connectivity index (χ2n) is 4.84. The van der Waals surface area contributed by atoms with Crippen molar-refractivity contribution in [1.82, 2.24) is 19.7 Å². The molecule has 0 saturated carbocycles. The van der Waals surface area contributed by atoms with Crippen LogP contribution in [0.5, 0.6) is 0 Å². The molecule has 0 radical (unpaired) electrons. The number of ether oxygens (including phenoxy) is 1. The molecule has 0 atom stereocenters. The summed E-state index contributed by atoms with van der Waals surface area (Å²) in [7, 11) is 7.66. The van der Waals surface area contributed by atoms with Gasteiger partial charge in [0.15, 0.2) is 11.6 Å². The van der Waals surface area contributed by atoms with Gasteiger partial charge in [0, 0.05) is 26.3 Å². The number of rotatable bonds is 5. The van der Waals surface area contributed by atoms with Gasteiger partial charge in [-0.1, -0.05) is 24.3 Å². The van der Waals surface area contributed by atoms with Crippen LogP contribution >= 0.6 is 0 Å². The van der Waals surface area contributed by atoms with E-state index in [1.807, 2.05) is 7.05 Å². The average Bonchev–Trinajstić information content (AvgIpc) is 2.72. The van der Waals surface area contributed by atoms with Crippen molar-refractivity contribution in [2.45, 2.75) is 13.2 Å². The third kappa shape index (κ3) is 3.39. The van der Waals surface area contributed by atoms with E-state index in [1.54, 1.807) is 11.8 Å². The minimum absolute atomic E-state index is 0.474. The maximum atomic E-state index is 5.09. The van der Waals surface area contributed by atoms with Crippen LogP contribution in [0.4, 0.5) is 0 Å². The van der Waals surface area contributed by atoms with E-state index in [0.29, 0.717) is 6.61 Å². The molecule has 2 aromatic rings. The molecule has 1 aromatic carbocycles. The summed E-state index contributed by atoms with van der Waals surface area (Å²) in [5.74, 6) is 1.57. The molecule has 0 aliphatic rings. The Morgan fingerprint density at radius 2 is 1.89 bits per heavy atom. The molecule has 0 fully saturated rings. The van der Waals surface area contributed by atoms with Crippen LogP contribution in [0.1, 0.15) is 11.4 Å². The smallest absolute Gasteiger partial charge is 0.181 e. The zero-order valence-electron chi connectivity index (χ0n) is 11.9. The van der Waals surface area contributed by atoms with Gasteiger partial charge in [0.1, 0.15) is 6.61 Å². The maximum Gasteiger partial charge on any atom is 0.181 e. The fourth-order valence-electron chi connectivity index (χ4n) is 1.92. The Bertz CT molecular complexity index is 531. The highest BCUT2D eigenvalue weighted by molar-refractivity contribution is 5.55. The van der Waals surface area contributed by atoms with Crippen molar-refractivity contribution >= 4 is 0 Å². The predicted molar refractivity (Wildman–Crippen MR) is 74.5 cm³/mol. The van der Waals surface area contributed by atoms with Gasteiger partial charge in [0.25, 0.3) is 0 Å². The van der Waals surface area contributed by atoms with Gasteiger partial charge in [-0.25, -0.2) is 4.98 Å². The normalized spacial score (nSPS) is 11.2. The lowest BCUT2D eigenvalue weighted by Gasteiger charge is -2.09. The Kier molecular flexibility index (Phi) is 4.29. The first kappa shape index (κ1) is 13.7. The molecule has 0 aliphatic heterocycles.